The Hall–Kier alpha value is -2.70. The van der Waals surface area contributed by atoms with Crippen LogP contribution in [0.25, 0.3) is 0 Å². The number of amides is 1. The van der Waals surface area contributed by atoms with Crippen LogP contribution in [-0.4, -0.2) is 32.0 Å². The van der Waals surface area contributed by atoms with Gasteiger partial charge in [-0.05, 0) is 24.6 Å². The van der Waals surface area contributed by atoms with Crippen molar-refractivity contribution in [1.29, 1.82) is 0 Å². The van der Waals surface area contributed by atoms with Gasteiger partial charge < -0.3 is 10.4 Å². The first-order chi connectivity index (χ1) is 10.0. The van der Waals surface area contributed by atoms with Crippen molar-refractivity contribution >= 4 is 17.6 Å². The minimum Gasteiger partial charge on any atom is -0.481 e. The van der Waals surface area contributed by atoms with E-state index in [4.69, 9.17) is 5.11 Å². The lowest BCUT2D eigenvalue weighted by Crippen LogP contribution is -2.19. The molecular weight excluding hydrogens is 272 g/mol. The van der Waals surface area contributed by atoms with Crippen molar-refractivity contribution in [1.82, 2.24) is 15.0 Å². The van der Waals surface area contributed by atoms with E-state index in [2.05, 4.69) is 15.6 Å². The third kappa shape index (κ3) is 4.72. The monoisotopic (exact) mass is 288 g/mol. The molecule has 0 fully saturated rings. The van der Waals surface area contributed by atoms with Crippen LogP contribution in [0.3, 0.4) is 0 Å². The maximum atomic E-state index is 11.9. The van der Waals surface area contributed by atoms with Gasteiger partial charge in [0.2, 0.25) is 5.91 Å². The van der Waals surface area contributed by atoms with Crippen LogP contribution in [0, 0.1) is 6.92 Å². The lowest BCUT2D eigenvalue weighted by Gasteiger charge is -2.05. The SMILES string of the molecule is Cc1cccc(NC(=O)Cn2cc(CCC(=O)O)nn2)c1. The summed E-state index contributed by atoms with van der Waals surface area (Å²) in [4.78, 5) is 22.3. The fourth-order valence-electron chi connectivity index (χ4n) is 1.84. The molecule has 0 aliphatic carbocycles. The topological polar surface area (TPSA) is 97.1 Å². The van der Waals surface area contributed by atoms with E-state index in [1.165, 1.54) is 4.68 Å². The molecule has 1 aromatic heterocycles. The number of nitrogens with zero attached hydrogens (tertiary/aromatic N) is 3. The van der Waals surface area contributed by atoms with Crippen molar-refractivity contribution in [2.24, 2.45) is 0 Å². The quantitative estimate of drug-likeness (QED) is 0.833. The molecule has 0 aliphatic rings. The van der Waals surface area contributed by atoms with E-state index < -0.39 is 5.97 Å². The number of aliphatic carboxylic acids is 1. The Morgan fingerprint density at radius 1 is 1.38 bits per heavy atom. The zero-order valence-corrected chi connectivity index (χ0v) is 11.6. The highest BCUT2D eigenvalue weighted by atomic mass is 16.4. The number of hydrogen-bond acceptors (Lipinski definition) is 4. The third-order valence-corrected chi connectivity index (χ3v) is 2.79. The van der Waals surface area contributed by atoms with E-state index in [0.29, 0.717) is 12.1 Å². The molecule has 110 valence electrons. The molecule has 21 heavy (non-hydrogen) atoms. The molecule has 2 N–H and O–H groups in total. The zero-order valence-electron chi connectivity index (χ0n) is 11.6. The maximum absolute atomic E-state index is 11.9. The third-order valence-electron chi connectivity index (χ3n) is 2.79. The Labute approximate surface area is 121 Å². The van der Waals surface area contributed by atoms with E-state index in [1.807, 2.05) is 31.2 Å². The Morgan fingerprint density at radius 2 is 2.19 bits per heavy atom. The molecule has 0 bridgehead atoms. The number of carbonyl (C=O) groups excluding carboxylic acids is 1. The summed E-state index contributed by atoms with van der Waals surface area (Å²) in [5, 5.41) is 19.0. The van der Waals surface area contributed by atoms with E-state index >= 15 is 0 Å². The average molecular weight is 288 g/mol. The summed E-state index contributed by atoms with van der Waals surface area (Å²) < 4.78 is 1.39. The molecule has 0 atom stereocenters. The predicted molar refractivity (Wildman–Crippen MR) is 75.8 cm³/mol. The molecule has 0 aliphatic heterocycles. The van der Waals surface area contributed by atoms with Crippen molar-refractivity contribution < 1.29 is 14.7 Å². The van der Waals surface area contributed by atoms with Crippen LogP contribution in [-0.2, 0) is 22.6 Å². The van der Waals surface area contributed by atoms with Crippen molar-refractivity contribution in [2.45, 2.75) is 26.3 Å². The summed E-state index contributed by atoms with van der Waals surface area (Å²) in [6.45, 7) is 1.98. The van der Waals surface area contributed by atoms with Gasteiger partial charge in [0, 0.05) is 18.3 Å². The summed E-state index contributed by atoms with van der Waals surface area (Å²) in [6.07, 6.45) is 1.88. The van der Waals surface area contributed by atoms with Gasteiger partial charge in [-0.3, -0.25) is 9.59 Å². The largest absolute Gasteiger partial charge is 0.481 e. The second kappa shape index (κ2) is 6.65. The van der Waals surface area contributed by atoms with Crippen LogP contribution >= 0.6 is 0 Å². The Morgan fingerprint density at radius 3 is 2.90 bits per heavy atom. The fourth-order valence-corrected chi connectivity index (χ4v) is 1.84. The number of hydrogen-bond donors (Lipinski definition) is 2. The smallest absolute Gasteiger partial charge is 0.303 e. The number of aryl methyl sites for hydroxylation is 2. The summed E-state index contributed by atoms with van der Waals surface area (Å²) in [6, 6.07) is 7.49. The normalized spacial score (nSPS) is 10.3. The average Bonchev–Trinajstić information content (AvgIpc) is 2.83. The van der Waals surface area contributed by atoms with Crippen molar-refractivity contribution in [2.75, 3.05) is 5.32 Å². The van der Waals surface area contributed by atoms with Crippen molar-refractivity contribution in [3.05, 3.63) is 41.7 Å². The molecule has 0 radical (unpaired) electrons. The van der Waals surface area contributed by atoms with Gasteiger partial charge in [0.1, 0.15) is 6.54 Å². The first kappa shape index (κ1) is 14.7. The van der Waals surface area contributed by atoms with Gasteiger partial charge in [0.05, 0.1) is 12.1 Å². The molecule has 0 unspecified atom stereocenters. The molecule has 0 saturated carbocycles. The van der Waals surface area contributed by atoms with Gasteiger partial charge >= 0.3 is 5.97 Å². The molecule has 7 nitrogen and oxygen atoms in total. The second-order valence-corrected chi connectivity index (χ2v) is 4.72. The zero-order chi connectivity index (χ0) is 15.2. The minimum atomic E-state index is -0.887. The summed E-state index contributed by atoms with van der Waals surface area (Å²) in [5.41, 5.74) is 2.34. The maximum Gasteiger partial charge on any atom is 0.303 e. The highest BCUT2D eigenvalue weighted by Gasteiger charge is 2.08. The van der Waals surface area contributed by atoms with E-state index in [9.17, 15) is 9.59 Å². The van der Waals surface area contributed by atoms with E-state index in [-0.39, 0.29) is 18.9 Å². The summed E-state index contributed by atoms with van der Waals surface area (Å²) in [5.74, 6) is -1.10. The molecule has 1 heterocycles. The van der Waals surface area contributed by atoms with Gasteiger partial charge in [0.15, 0.2) is 0 Å². The second-order valence-electron chi connectivity index (χ2n) is 4.72. The van der Waals surface area contributed by atoms with Crippen LogP contribution in [0.2, 0.25) is 0 Å². The Bertz CT molecular complexity index is 651. The number of anilines is 1. The molecular formula is C14H16N4O3. The number of nitrogens with one attached hydrogen (secondary N) is 1. The van der Waals surface area contributed by atoms with Gasteiger partial charge in [-0.2, -0.15) is 0 Å². The van der Waals surface area contributed by atoms with Crippen LogP contribution < -0.4 is 5.32 Å². The van der Waals surface area contributed by atoms with Crippen LogP contribution in [0.1, 0.15) is 17.7 Å². The van der Waals surface area contributed by atoms with Crippen LogP contribution in [0.5, 0.6) is 0 Å². The lowest BCUT2D eigenvalue weighted by atomic mass is 10.2. The fraction of sp³-hybridized carbons (Fsp3) is 0.286. The van der Waals surface area contributed by atoms with E-state index in [0.717, 1.165) is 11.3 Å². The number of aromatic nitrogens is 3. The van der Waals surface area contributed by atoms with Gasteiger partial charge in [-0.25, -0.2) is 4.68 Å². The molecule has 1 amide bonds. The first-order valence-electron chi connectivity index (χ1n) is 6.50. The van der Waals surface area contributed by atoms with Gasteiger partial charge in [-0.15, -0.1) is 5.10 Å². The highest BCUT2D eigenvalue weighted by molar-refractivity contribution is 5.90. The molecule has 0 spiro atoms. The van der Waals surface area contributed by atoms with Crippen molar-refractivity contribution in [3.8, 4) is 0 Å². The molecule has 0 saturated heterocycles. The first-order valence-corrected chi connectivity index (χ1v) is 6.50. The lowest BCUT2D eigenvalue weighted by molar-refractivity contribution is -0.137. The van der Waals surface area contributed by atoms with Gasteiger partial charge in [0.25, 0.3) is 0 Å². The Kier molecular flexibility index (Phi) is 4.65. The Balaban J connectivity index is 1.89. The summed E-state index contributed by atoms with van der Waals surface area (Å²) in [7, 11) is 0. The number of carbonyl (C=O) groups is 2. The number of carboxylic acid groups (broad SMARTS) is 1. The number of carboxylic acids is 1. The predicted octanol–water partition coefficient (Wildman–Crippen LogP) is 1.24. The highest BCUT2D eigenvalue weighted by Crippen LogP contribution is 2.09. The molecule has 1 aromatic carbocycles. The van der Waals surface area contributed by atoms with E-state index in [1.54, 1.807) is 6.20 Å². The van der Waals surface area contributed by atoms with Gasteiger partial charge in [-0.1, -0.05) is 17.3 Å². The van der Waals surface area contributed by atoms with Crippen LogP contribution in [0.4, 0.5) is 5.69 Å². The molecule has 7 heteroatoms. The molecule has 2 aromatic rings. The van der Waals surface area contributed by atoms with Crippen LogP contribution in [0.15, 0.2) is 30.5 Å². The minimum absolute atomic E-state index is 0.00577. The van der Waals surface area contributed by atoms with Crippen molar-refractivity contribution in [3.63, 3.8) is 0 Å². The number of benzene rings is 1. The summed E-state index contributed by atoms with van der Waals surface area (Å²) >= 11 is 0. The standard InChI is InChI=1S/C14H16N4O3/c1-10-3-2-4-11(7-10)15-13(19)9-18-8-12(16-17-18)5-6-14(20)21/h2-4,7-8H,5-6,9H2,1H3,(H,15,19)(H,20,21). The number of rotatable bonds is 6. The molecule has 2 rings (SSSR count).